The molecule has 0 aliphatic heterocycles. The predicted octanol–water partition coefficient (Wildman–Crippen LogP) is 1.62. The summed E-state index contributed by atoms with van der Waals surface area (Å²) in [6.07, 6.45) is 5.89. The fourth-order valence-electron chi connectivity index (χ4n) is 1.83. The first-order valence-electron chi connectivity index (χ1n) is 4.74. The van der Waals surface area contributed by atoms with Crippen molar-refractivity contribution in [2.24, 2.45) is 11.7 Å². The van der Waals surface area contributed by atoms with E-state index in [1.807, 2.05) is 0 Å². The van der Waals surface area contributed by atoms with Gasteiger partial charge in [0.1, 0.15) is 0 Å². The van der Waals surface area contributed by atoms with Crippen LogP contribution in [0.5, 0.6) is 0 Å². The molecule has 0 heterocycles. The summed E-state index contributed by atoms with van der Waals surface area (Å²) >= 11 is 0. The van der Waals surface area contributed by atoms with Gasteiger partial charge in [-0.3, -0.25) is 0 Å². The second-order valence-electron chi connectivity index (χ2n) is 3.82. The number of rotatable bonds is 1. The molecule has 2 atom stereocenters. The largest absolute Gasteiger partial charge is 0.352 e. The SMILES string of the molecule is CC1CCCC(NC(N)=O)CC1. The Hall–Kier alpha value is -0.730. The third kappa shape index (κ3) is 3.11. The average molecular weight is 170 g/mol. The minimum Gasteiger partial charge on any atom is -0.352 e. The highest BCUT2D eigenvalue weighted by Crippen LogP contribution is 2.22. The Morgan fingerprint density at radius 1 is 1.33 bits per heavy atom. The van der Waals surface area contributed by atoms with Crippen LogP contribution in [0.25, 0.3) is 0 Å². The van der Waals surface area contributed by atoms with Gasteiger partial charge >= 0.3 is 6.03 Å². The fourth-order valence-corrected chi connectivity index (χ4v) is 1.83. The van der Waals surface area contributed by atoms with Gasteiger partial charge in [0.2, 0.25) is 0 Å². The molecule has 0 radical (unpaired) electrons. The van der Waals surface area contributed by atoms with E-state index in [-0.39, 0.29) is 6.03 Å². The van der Waals surface area contributed by atoms with E-state index in [1.54, 1.807) is 0 Å². The second-order valence-corrected chi connectivity index (χ2v) is 3.82. The molecule has 70 valence electrons. The van der Waals surface area contributed by atoms with Crippen LogP contribution in [0.1, 0.15) is 39.0 Å². The zero-order valence-corrected chi connectivity index (χ0v) is 7.68. The third-order valence-electron chi connectivity index (χ3n) is 2.60. The van der Waals surface area contributed by atoms with Gasteiger partial charge in [-0.1, -0.05) is 19.8 Å². The summed E-state index contributed by atoms with van der Waals surface area (Å²) in [4.78, 5) is 10.6. The van der Waals surface area contributed by atoms with Crippen molar-refractivity contribution < 1.29 is 4.79 Å². The highest BCUT2D eigenvalue weighted by atomic mass is 16.2. The van der Waals surface area contributed by atoms with Crippen LogP contribution >= 0.6 is 0 Å². The Morgan fingerprint density at radius 3 is 2.75 bits per heavy atom. The summed E-state index contributed by atoms with van der Waals surface area (Å²) < 4.78 is 0. The molecule has 0 saturated heterocycles. The first kappa shape index (κ1) is 9.36. The summed E-state index contributed by atoms with van der Waals surface area (Å²) in [5.41, 5.74) is 5.06. The summed E-state index contributed by atoms with van der Waals surface area (Å²) in [5.74, 6) is 0.810. The van der Waals surface area contributed by atoms with E-state index in [9.17, 15) is 4.79 Å². The van der Waals surface area contributed by atoms with Crippen molar-refractivity contribution in [3.63, 3.8) is 0 Å². The van der Waals surface area contributed by atoms with Crippen molar-refractivity contribution in [3.05, 3.63) is 0 Å². The zero-order valence-electron chi connectivity index (χ0n) is 7.68. The van der Waals surface area contributed by atoms with Crippen molar-refractivity contribution in [1.82, 2.24) is 5.32 Å². The van der Waals surface area contributed by atoms with E-state index in [1.165, 1.54) is 19.3 Å². The molecule has 0 spiro atoms. The molecule has 1 rings (SSSR count). The number of primary amides is 1. The number of hydrogen-bond acceptors (Lipinski definition) is 1. The molecule has 0 aromatic heterocycles. The van der Waals surface area contributed by atoms with Crippen LogP contribution in [0, 0.1) is 5.92 Å². The van der Waals surface area contributed by atoms with Crippen molar-refractivity contribution in [1.29, 1.82) is 0 Å². The first-order chi connectivity index (χ1) is 5.68. The monoisotopic (exact) mass is 170 g/mol. The van der Waals surface area contributed by atoms with Gasteiger partial charge in [0.25, 0.3) is 0 Å². The number of nitrogens with two attached hydrogens (primary N) is 1. The Balaban J connectivity index is 2.30. The van der Waals surface area contributed by atoms with Gasteiger partial charge in [0.05, 0.1) is 0 Å². The summed E-state index contributed by atoms with van der Waals surface area (Å²) in [7, 11) is 0. The van der Waals surface area contributed by atoms with Crippen LogP contribution < -0.4 is 11.1 Å². The van der Waals surface area contributed by atoms with Gasteiger partial charge in [-0.25, -0.2) is 4.79 Å². The van der Waals surface area contributed by atoms with Gasteiger partial charge in [-0.15, -0.1) is 0 Å². The lowest BCUT2D eigenvalue weighted by Gasteiger charge is -2.13. The van der Waals surface area contributed by atoms with E-state index < -0.39 is 0 Å². The van der Waals surface area contributed by atoms with E-state index in [2.05, 4.69) is 12.2 Å². The standard InChI is InChI=1S/C9H18N2O/c1-7-3-2-4-8(6-5-7)11-9(10)12/h7-8H,2-6H2,1H3,(H3,10,11,12). The molecule has 0 aromatic rings. The average Bonchev–Trinajstić information content (AvgIpc) is 2.15. The normalized spacial score (nSPS) is 30.8. The second kappa shape index (κ2) is 4.33. The van der Waals surface area contributed by atoms with E-state index >= 15 is 0 Å². The molecular formula is C9H18N2O. The first-order valence-corrected chi connectivity index (χ1v) is 4.74. The Morgan fingerprint density at radius 2 is 2.08 bits per heavy atom. The Bertz CT molecular complexity index is 159. The summed E-state index contributed by atoms with van der Waals surface area (Å²) in [6, 6.07) is -0.0537. The molecule has 0 aromatic carbocycles. The van der Waals surface area contributed by atoms with Crippen molar-refractivity contribution in [2.75, 3.05) is 0 Å². The van der Waals surface area contributed by atoms with Crippen molar-refractivity contribution in [2.45, 2.75) is 45.1 Å². The summed E-state index contributed by atoms with van der Waals surface area (Å²) in [5, 5.41) is 2.78. The summed E-state index contributed by atoms with van der Waals surface area (Å²) in [6.45, 7) is 2.27. The number of urea groups is 1. The van der Waals surface area contributed by atoms with Crippen LogP contribution in [0.4, 0.5) is 4.79 Å². The third-order valence-corrected chi connectivity index (χ3v) is 2.60. The minimum absolute atomic E-state index is 0.326. The van der Waals surface area contributed by atoms with Crippen LogP contribution in [0.3, 0.4) is 0 Å². The van der Waals surface area contributed by atoms with Gasteiger partial charge < -0.3 is 11.1 Å². The highest BCUT2D eigenvalue weighted by molar-refractivity contribution is 5.71. The Labute approximate surface area is 73.7 Å². The molecule has 3 nitrogen and oxygen atoms in total. The van der Waals surface area contributed by atoms with Crippen LogP contribution in [0.2, 0.25) is 0 Å². The van der Waals surface area contributed by atoms with Crippen LogP contribution in [0.15, 0.2) is 0 Å². The van der Waals surface area contributed by atoms with Crippen molar-refractivity contribution in [3.8, 4) is 0 Å². The van der Waals surface area contributed by atoms with Gasteiger partial charge in [0, 0.05) is 6.04 Å². The number of nitrogens with one attached hydrogen (secondary N) is 1. The lowest BCUT2D eigenvalue weighted by atomic mass is 10.0. The van der Waals surface area contributed by atoms with Gasteiger partial charge in [-0.2, -0.15) is 0 Å². The van der Waals surface area contributed by atoms with E-state index in [0.717, 1.165) is 18.8 Å². The zero-order chi connectivity index (χ0) is 8.97. The quantitative estimate of drug-likeness (QED) is 0.577. The minimum atomic E-state index is -0.380. The topological polar surface area (TPSA) is 55.1 Å². The smallest absolute Gasteiger partial charge is 0.312 e. The maximum absolute atomic E-state index is 10.6. The molecule has 3 N–H and O–H groups in total. The Kier molecular flexibility index (Phi) is 3.38. The molecule has 1 fully saturated rings. The molecule has 2 unspecified atom stereocenters. The maximum atomic E-state index is 10.6. The highest BCUT2D eigenvalue weighted by Gasteiger charge is 2.16. The molecule has 0 bridgehead atoms. The van der Waals surface area contributed by atoms with E-state index in [4.69, 9.17) is 5.73 Å². The molecule has 2 amide bonds. The molecule has 1 aliphatic rings. The number of amides is 2. The number of carbonyl (C=O) groups excluding carboxylic acids is 1. The van der Waals surface area contributed by atoms with E-state index in [0.29, 0.717) is 6.04 Å². The number of carbonyl (C=O) groups is 1. The van der Waals surface area contributed by atoms with Gasteiger partial charge in [-0.05, 0) is 25.2 Å². The number of hydrogen-bond donors (Lipinski definition) is 2. The molecule has 12 heavy (non-hydrogen) atoms. The van der Waals surface area contributed by atoms with Crippen molar-refractivity contribution >= 4 is 6.03 Å². The maximum Gasteiger partial charge on any atom is 0.312 e. The lowest BCUT2D eigenvalue weighted by molar-refractivity contribution is 0.243. The lowest BCUT2D eigenvalue weighted by Crippen LogP contribution is -2.38. The molecule has 1 aliphatic carbocycles. The fraction of sp³-hybridized carbons (Fsp3) is 0.889. The van der Waals surface area contributed by atoms with Gasteiger partial charge in [0.15, 0.2) is 0 Å². The predicted molar refractivity (Wildman–Crippen MR) is 48.8 cm³/mol. The van der Waals surface area contributed by atoms with Crippen LogP contribution in [-0.4, -0.2) is 12.1 Å². The molecule has 1 saturated carbocycles. The van der Waals surface area contributed by atoms with Crippen LogP contribution in [-0.2, 0) is 0 Å². The molecule has 3 heteroatoms. The molecular weight excluding hydrogens is 152 g/mol.